The quantitative estimate of drug-likeness (QED) is 0.156. The lowest BCUT2D eigenvalue weighted by molar-refractivity contribution is -0.143. The van der Waals surface area contributed by atoms with Crippen LogP contribution in [0.5, 0.6) is 0 Å². The summed E-state index contributed by atoms with van der Waals surface area (Å²) in [6, 6.07) is 3.37. The molecule has 0 saturated heterocycles. The van der Waals surface area contributed by atoms with Gasteiger partial charge in [0.25, 0.3) is 0 Å². The Balaban J connectivity index is 1.88. The second kappa shape index (κ2) is 13.7. The normalized spacial score (nSPS) is 14.5. The van der Waals surface area contributed by atoms with Crippen LogP contribution in [0.4, 0.5) is 0 Å². The van der Waals surface area contributed by atoms with E-state index in [9.17, 15) is 24.3 Å². The lowest BCUT2D eigenvalue weighted by Gasteiger charge is -2.26. The summed E-state index contributed by atoms with van der Waals surface area (Å²) < 4.78 is 0. The Labute approximate surface area is 232 Å². The van der Waals surface area contributed by atoms with Crippen molar-refractivity contribution in [2.45, 2.75) is 71.1 Å². The third-order valence-corrected chi connectivity index (χ3v) is 6.64. The van der Waals surface area contributed by atoms with Crippen LogP contribution >= 0.6 is 0 Å². The third kappa shape index (κ3) is 8.15. The van der Waals surface area contributed by atoms with Crippen LogP contribution in [0.25, 0.3) is 10.9 Å². The molecule has 4 unspecified atom stereocenters. The van der Waals surface area contributed by atoms with Gasteiger partial charge < -0.3 is 36.8 Å². The van der Waals surface area contributed by atoms with Gasteiger partial charge in [-0.1, -0.05) is 45.9 Å². The number of fused-ring (bicyclic) bond motifs is 1. The molecule has 0 aliphatic rings. The molecule has 0 saturated carbocycles. The van der Waals surface area contributed by atoms with E-state index in [0.717, 1.165) is 16.5 Å². The molecule has 216 valence electrons. The largest absolute Gasteiger partial charge is 0.480 e. The number of para-hydroxylation sites is 1. The van der Waals surface area contributed by atoms with Gasteiger partial charge in [0.15, 0.2) is 0 Å². The molecule has 12 heteroatoms. The van der Waals surface area contributed by atoms with Crippen LogP contribution < -0.4 is 21.7 Å². The predicted octanol–water partition coefficient (Wildman–Crippen LogP) is 1.24. The minimum absolute atomic E-state index is 0.0805. The molecule has 3 aromatic rings. The molecule has 12 nitrogen and oxygen atoms in total. The average Bonchev–Trinajstić information content (AvgIpc) is 3.55. The van der Waals surface area contributed by atoms with Gasteiger partial charge in [0.1, 0.15) is 18.1 Å². The second-order valence-electron chi connectivity index (χ2n) is 10.8. The molecule has 2 heterocycles. The minimum atomic E-state index is -1.18. The second-order valence-corrected chi connectivity index (χ2v) is 10.8. The summed E-state index contributed by atoms with van der Waals surface area (Å²) in [6.07, 6.45) is 5.35. The van der Waals surface area contributed by atoms with E-state index in [-0.39, 0.29) is 24.7 Å². The Morgan fingerprint density at radius 2 is 1.57 bits per heavy atom. The SMILES string of the molecule is CC(C)CC(N)C(=O)NC(Cc1cnc[nH]1)C(=O)NC(Cc1c[nH]c2ccccc12)C(=O)NC(C(=O)O)C(C)C. The average molecular weight is 554 g/mol. The number of hydrogen-bond acceptors (Lipinski definition) is 6. The monoisotopic (exact) mass is 553 g/mol. The number of nitrogens with zero attached hydrogens (tertiary/aromatic N) is 1. The molecule has 0 radical (unpaired) electrons. The van der Waals surface area contributed by atoms with E-state index in [1.165, 1.54) is 12.5 Å². The van der Waals surface area contributed by atoms with Crippen molar-refractivity contribution in [3.05, 3.63) is 54.2 Å². The number of hydrogen-bond donors (Lipinski definition) is 7. The number of aliphatic carboxylic acids is 1. The number of aromatic amines is 2. The zero-order chi connectivity index (χ0) is 29.4. The number of amides is 3. The Bertz CT molecular complexity index is 1300. The first-order valence-electron chi connectivity index (χ1n) is 13.4. The van der Waals surface area contributed by atoms with Gasteiger partial charge in [-0.3, -0.25) is 14.4 Å². The molecule has 0 spiro atoms. The molecule has 0 bridgehead atoms. The Kier molecular flexibility index (Phi) is 10.4. The number of imidazole rings is 1. The fraction of sp³-hybridized carbons (Fsp3) is 0.464. The number of nitrogens with two attached hydrogens (primary N) is 1. The molecule has 0 aliphatic carbocycles. The summed E-state index contributed by atoms with van der Waals surface area (Å²) in [4.78, 5) is 61.7. The van der Waals surface area contributed by atoms with Crippen molar-refractivity contribution in [1.82, 2.24) is 30.9 Å². The third-order valence-electron chi connectivity index (χ3n) is 6.64. The van der Waals surface area contributed by atoms with E-state index in [1.54, 1.807) is 20.0 Å². The van der Waals surface area contributed by atoms with Crippen LogP contribution in [0.2, 0.25) is 0 Å². The number of H-pyrrole nitrogens is 2. The molecular formula is C28H39N7O5. The fourth-order valence-electron chi connectivity index (χ4n) is 4.49. The highest BCUT2D eigenvalue weighted by Gasteiger charge is 2.32. The van der Waals surface area contributed by atoms with E-state index in [1.807, 2.05) is 38.1 Å². The minimum Gasteiger partial charge on any atom is -0.480 e. The smallest absolute Gasteiger partial charge is 0.326 e. The number of carbonyl (C=O) groups excluding carboxylic acids is 3. The summed E-state index contributed by atoms with van der Waals surface area (Å²) in [7, 11) is 0. The summed E-state index contributed by atoms with van der Waals surface area (Å²) >= 11 is 0. The molecule has 8 N–H and O–H groups in total. The number of benzene rings is 1. The summed E-state index contributed by atoms with van der Waals surface area (Å²) in [5, 5.41) is 18.5. The molecule has 0 aliphatic heterocycles. The number of aromatic nitrogens is 3. The highest BCUT2D eigenvalue weighted by Crippen LogP contribution is 2.19. The van der Waals surface area contributed by atoms with Crippen LogP contribution in [-0.4, -0.2) is 67.9 Å². The van der Waals surface area contributed by atoms with Gasteiger partial charge in [-0.25, -0.2) is 9.78 Å². The van der Waals surface area contributed by atoms with Gasteiger partial charge in [-0.15, -0.1) is 0 Å². The van der Waals surface area contributed by atoms with Gasteiger partial charge in [0, 0.05) is 41.8 Å². The van der Waals surface area contributed by atoms with E-state index < -0.39 is 47.9 Å². The Hall–Kier alpha value is -4.19. The number of carbonyl (C=O) groups is 4. The maximum Gasteiger partial charge on any atom is 0.326 e. The molecule has 2 aromatic heterocycles. The van der Waals surface area contributed by atoms with Crippen LogP contribution in [0.1, 0.15) is 45.4 Å². The van der Waals surface area contributed by atoms with Gasteiger partial charge in [-0.05, 0) is 29.9 Å². The lowest BCUT2D eigenvalue weighted by Crippen LogP contribution is -2.58. The first-order valence-corrected chi connectivity index (χ1v) is 13.4. The van der Waals surface area contributed by atoms with Crippen LogP contribution in [-0.2, 0) is 32.0 Å². The molecule has 4 atom stereocenters. The van der Waals surface area contributed by atoms with Crippen molar-refractivity contribution < 1.29 is 24.3 Å². The van der Waals surface area contributed by atoms with Crippen LogP contribution in [0.3, 0.4) is 0 Å². The molecule has 40 heavy (non-hydrogen) atoms. The molecule has 3 amide bonds. The van der Waals surface area contributed by atoms with E-state index in [0.29, 0.717) is 12.1 Å². The van der Waals surface area contributed by atoms with Gasteiger partial charge in [-0.2, -0.15) is 0 Å². The first kappa shape index (κ1) is 30.4. The standard InChI is InChI=1S/C28H39N7O5/c1-15(2)9-20(29)25(36)33-23(11-18-13-30-14-32-18)26(37)34-22(27(38)35-24(16(3)4)28(39)40)10-17-12-31-21-8-6-5-7-19(17)21/h5-8,12-16,20,22-24,31H,9-11,29H2,1-4H3,(H,30,32)(H,33,36)(H,34,37)(H,35,38)(H,39,40). The summed E-state index contributed by atoms with van der Waals surface area (Å²) in [6.45, 7) is 7.25. The van der Waals surface area contributed by atoms with E-state index >= 15 is 0 Å². The van der Waals surface area contributed by atoms with E-state index in [4.69, 9.17) is 5.73 Å². The predicted molar refractivity (Wildman–Crippen MR) is 150 cm³/mol. The maximum absolute atomic E-state index is 13.6. The fourth-order valence-corrected chi connectivity index (χ4v) is 4.49. The van der Waals surface area contributed by atoms with Crippen molar-refractivity contribution in [3.8, 4) is 0 Å². The van der Waals surface area contributed by atoms with E-state index in [2.05, 4.69) is 30.9 Å². The molecular weight excluding hydrogens is 514 g/mol. The van der Waals surface area contributed by atoms with Gasteiger partial charge in [0.05, 0.1) is 12.4 Å². The van der Waals surface area contributed by atoms with Crippen molar-refractivity contribution in [2.24, 2.45) is 17.6 Å². The summed E-state index contributed by atoms with van der Waals surface area (Å²) in [5.74, 6) is -3.14. The highest BCUT2D eigenvalue weighted by molar-refractivity contribution is 5.95. The number of nitrogens with one attached hydrogen (secondary N) is 5. The Morgan fingerprint density at radius 3 is 2.20 bits per heavy atom. The van der Waals surface area contributed by atoms with Crippen molar-refractivity contribution in [1.29, 1.82) is 0 Å². The number of carboxylic acid groups (broad SMARTS) is 1. The number of carboxylic acids is 1. The Morgan fingerprint density at radius 1 is 0.925 bits per heavy atom. The lowest BCUT2D eigenvalue weighted by atomic mass is 10.0. The zero-order valence-electron chi connectivity index (χ0n) is 23.2. The topological polar surface area (TPSA) is 195 Å². The first-order chi connectivity index (χ1) is 19.0. The van der Waals surface area contributed by atoms with Crippen molar-refractivity contribution in [3.63, 3.8) is 0 Å². The molecule has 3 rings (SSSR count). The van der Waals surface area contributed by atoms with Gasteiger partial charge in [0.2, 0.25) is 17.7 Å². The highest BCUT2D eigenvalue weighted by atomic mass is 16.4. The van der Waals surface area contributed by atoms with Gasteiger partial charge >= 0.3 is 5.97 Å². The maximum atomic E-state index is 13.6. The van der Waals surface area contributed by atoms with Crippen molar-refractivity contribution >= 4 is 34.6 Å². The van der Waals surface area contributed by atoms with Crippen LogP contribution in [0, 0.1) is 11.8 Å². The molecule has 0 fully saturated rings. The van der Waals surface area contributed by atoms with Crippen molar-refractivity contribution in [2.75, 3.05) is 0 Å². The number of rotatable bonds is 14. The molecule has 1 aromatic carbocycles. The zero-order valence-corrected chi connectivity index (χ0v) is 23.2. The summed E-state index contributed by atoms with van der Waals surface area (Å²) in [5.41, 5.74) is 8.28. The van der Waals surface area contributed by atoms with Crippen LogP contribution in [0.15, 0.2) is 43.0 Å².